The van der Waals surface area contributed by atoms with Gasteiger partial charge in [-0.2, -0.15) is 11.8 Å². The molecule has 1 rings (SSSR count). The van der Waals surface area contributed by atoms with Gasteiger partial charge >= 0.3 is 0 Å². The minimum atomic E-state index is 0.138. The molecule has 6 nitrogen and oxygen atoms in total. The van der Waals surface area contributed by atoms with E-state index in [0.29, 0.717) is 23.8 Å². The highest BCUT2D eigenvalue weighted by Crippen LogP contribution is 2.39. The van der Waals surface area contributed by atoms with Gasteiger partial charge in [-0.25, -0.2) is 0 Å². The Morgan fingerprint density at radius 2 is 1.75 bits per heavy atom. The topological polar surface area (TPSA) is 64.1 Å². The van der Waals surface area contributed by atoms with Crippen LogP contribution in [0.25, 0.3) is 0 Å². The first kappa shape index (κ1) is 20.3. The summed E-state index contributed by atoms with van der Waals surface area (Å²) in [6.45, 7) is 5.75. The van der Waals surface area contributed by atoms with Gasteiger partial charge in [0, 0.05) is 30.4 Å². The number of nitrogens with zero attached hydrogens (tertiary/aromatic N) is 1. The van der Waals surface area contributed by atoms with Gasteiger partial charge in [0.25, 0.3) is 0 Å². The third kappa shape index (κ3) is 5.40. The highest BCUT2D eigenvalue weighted by atomic mass is 32.2. The van der Waals surface area contributed by atoms with Crippen molar-refractivity contribution in [1.82, 2.24) is 10.6 Å². The predicted molar refractivity (Wildman–Crippen MR) is 102 cm³/mol. The molecule has 0 bridgehead atoms. The van der Waals surface area contributed by atoms with Crippen LogP contribution in [-0.2, 0) is 6.54 Å². The quantitative estimate of drug-likeness (QED) is 0.552. The van der Waals surface area contributed by atoms with Crippen molar-refractivity contribution in [3.05, 3.63) is 17.7 Å². The van der Waals surface area contributed by atoms with Crippen LogP contribution in [0, 0.1) is 0 Å². The summed E-state index contributed by atoms with van der Waals surface area (Å²) in [4.78, 5) is 4.26. The molecule has 0 heterocycles. The number of ether oxygens (including phenoxy) is 3. The fourth-order valence-corrected chi connectivity index (χ4v) is 2.29. The van der Waals surface area contributed by atoms with Gasteiger partial charge in [-0.15, -0.1) is 0 Å². The van der Waals surface area contributed by atoms with Gasteiger partial charge < -0.3 is 24.8 Å². The number of hydrogen-bond acceptors (Lipinski definition) is 5. The van der Waals surface area contributed by atoms with Crippen LogP contribution in [0.1, 0.15) is 19.4 Å². The van der Waals surface area contributed by atoms with E-state index in [0.717, 1.165) is 18.1 Å². The van der Waals surface area contributed by atoms with Crippen LogP contribution in [0.15, 0.2) is 17.1 Å². The summed E-state index contributed by atoms with van der Waals surface area (Å²) >= 11 is 1.81. The molecule has 24 heavy (non-hydrogen) atoms. The largest absolute Gasteiger partial charge is 0.493 e. The van der Waals surface area contributed by atoms with Crippen molar-refractivity contribution < 1.29 is 14.2 Å². The number of methoxy groups -OCH3 is 3. The van der Waals surface area contributed by atoms with Gasteiger partial charge in [-0.1, -0.05) is 0 Å². The van der Waals surface area contributed by atoms with Crippen molar-refractivity contribution in [2.75, 3.05) is 41.2 Å². The average Bonchev–Trinajstić information content (AvgIpc) is 2.60. The minimum Gasteiger partial charge on any atom is -0.493 e. The Morgan fingerprint density at radius 3 is 2.25 bits per heavy atom. The van der Waals surface area contributed by atoms with Crippen LogP contribution >= 0.6 is 11.8 Å². The lowest BCUT2D eigenvalue weighted by Crippen LogP contribution is -2.43. The third-order valence-electron chi connectivity index (χ3n) is 3.69. The van der Waals surface area contributed by atoms with Crippen molar-refractivity contribution in [3.63, 3.8) is 0 Å². The van der Waals surface area contributed by atoms with E-state index in [4.69, 9.17) is 14.2 Å². The molecule has 0 unspecified atom stereocenters. The maximum absolute atomic E-state index is 5.50. The van der Waals surface area contributed by atoms with Crippen LogP contribution in [0.3, 0.4) is 0 Å². The second kappa shape index (κ2) is 9.52. The summed E-state index contributed by atoms with van der Waals surface area (Å²) < 4.78 is 16.4. The number of hydrogen-bond donors (Lipinski definition) is 2. The molecule has 0 aliphatic heterocycles. The van der Waals surface area contributed by atoms with Gasteiger partial charge in [-0.3, -0.25) is 4.99 Å². The summed E-state index contributed by atoms with van der Waals surface area (Å²) in [6.07, 6.45) is 2.10. The van der Waals surface area contributed by atoms with E-state index in [9.17, 15) is 0 Å². The van der Waals surface area contributed by atoms with E-state index in [1.54, 1.807) is 28.4 Å². The number of rotatable bonds is 8. The van der Waals surface area contributed by atoms with E-state index in [1.165, 1.54) is 0 Å². The van der Waals surface area contributed by atoms with E-state index in [2.05, 4.69) is 35.7 Å². The number of guanidine groups is 1. The Hall–Kier alpha value is -1.76. The molecule has 7 heteroatoms. The van der Waals surface area contributed by atoms with Crippen LogP contribution in [0.2, 0.25) is 0 Å². The molecule has 0 spiro atoms. The normalized spacial score (nSPS) is 11.9. The number of nitrogens with one attached hydrogen (secondary N) is 2. The summed E-state index contributed by atoms with van der Waals surface area (Å²) in [7, 11) is 6.58. The van der Waals surface area contributed by atoms with Crippen molar-refractivity contribution >= 4 is 17.7 Å². The first-order valence-corrected chi connectivity index (χ1v) is 8.92. The van der Waals surface area contributed by atoms with Crippen molar-refractivity contribution in [2.24, 2.45) is 4.99 Å². The molecule has 136 valence electrons. The van der Waals surface area contributed by atoms with Gasteiger partial charge in [0.05, 0.1) is 21.3 Å². The molecule has 0 aliphatic rings. The Balaban J connectivity index is 2.82. The van der Waals surface area contributed by atoms with Crippen molar-refractivity contribution in [2.45, 2.75) is 25.1 Å². The molecule has 0 aliphatic carbocycles. The first-order valence-electron chi connectivity index (χ1n) is 7.70. The lowest BCUT2D eigenvalue weighted by atomic mass is 10.1. The lowest BCUT2D eigenvalue weighted by molar-refractivity contribution is 0.322. The zero-order chi connectivity index (χ0) is 18.2. The number of aliphatic imine (C=N–C) groups is 1. The van der Waals surface area contributed by atoms with Crippen LogP contribution in [0.5, 0.6) is 17.2 Å². The third-order valence-corrected chi connectivity index (χ3v) is 4.94. The average molecular weight is 356 g/mol. The number of thioether (sulfide) groups is 1. The molecular weight excluding hydrogens is 326 g/mol. The molecule has 0 aromatic heterocycles. The Labute approximate surface area is 149 Å². The smallest absolute Gasteiger partial charge is 0.203 e. The molecule has 1 aromatic carbocycles. The van der Waals surface area contributed by atoms with Crippen LogP contribution in [-0.4, -0.2) is 51.9 Å². The van der Waals surface area contributed by atoms with E-state index >= 15 is 0 Å². The highest BCUT2D eigenvalue weighted by molar-refractivity contribution is 7.99. The molecule has 0 amide bonds. The fraction of sp³-hybridized carbons (Fsp3) is 0.588. The molecule has 1 aromatic rings. The highest BCUT2D eigenvalue weighted by Gasteiger charge is 2.18. The van der Waals surface area contributed by atoms with Gasteiger partial charge in [0.2, 0.25) is 5.75 Å². The van der Waals surface area contributed by atoms with Gasteiger partial charge in [0.15, 0.2) is 17.5 Å². The molecule has 2 N–H and O–H groups in total. The monoisotopic (exact) mass is 355 g/mol. The van der Waals surface area contributed by atoms with Gasteiger partial charge in [-0.05, 0) is 32.2 Å². The Morgan fingerprint density at radius 1 is 1.08 bits per heavy atom. The molecule has 0 radical (unpaired) electrons. The SMILES string of the molecule is CN=C(NCc1ccc(OC)c(OC)c1OC)NCC(C)(C)SC. The zero-order valence-electron chi connectivity index (χ0n) is 15.6. The van der Waals surface area contributed by atoms with E-state index in [1.807, 2.05) is 23.9 Å². The van der Waals surface area contributed by atoms with Gasteiger partial charge in [0.1, 0.15) is 0 Å². The maximum Gasteiger partial charge on any atom is 0.203 e. The first-order chi connectivity index (χ1) is 11.4. The Bertz CT molecular complexity index is 562. The van der Waals surface area contributed by atoms with E-state index in [-0.39, 0.29) is 4.75 Å². The molecule has 0 saturated carbocycles. The fourth-order valence-electron chi connectivity index (χ4n) is 2.07. The zero-order valence-corrected chi connectivity index (χ0v) is 16.5. The minimum absolute atomic E-state index is 0.138. The molecule has 0 atom stereocenters. The lowest BCUT2D eigenvalue weighted by Gasteiger charge is -2.24. The standard InChI is InChI=1S/C17H29N3O3S/c1-17(2,24-7)11-20-16(18-3)19-10-12-8-9-13(21-4)15(23-6)14(12)22-5/h8-9H,10-11H2,1-7H3,(H2,18,19,20). The van der Waals surface area contributed by atoms with E-state index < -0.39 is 0 Å². The van der Waals surface area contributed by atoms with Crippen LogP contribution in [0.4, 0.5) is 0 Å². The second-order valence-electron chi connectivity index (χ2n) is 5.74. The summed E-state index contributed by atoms with van der Waals surface area (Å²) in [5.41, 5.74) is 0.960. The Kier molecular flexibility index (Phi) is 8.04. The summed E-state index contributed by atoms with van der Waals surface area (Å²) in [5, 5.41) is 6.64. The van der Waals surface area contributed by atoms with Crippen LogP contribution < -0.4 is 24.8 Å². The number of benzene rings is 1. The molecule has 0 saturated heterocycles. The summed E-state index contributed by atoms with van der Waals surface area (Å²) in [5.74, 6) is 2.63. The molecular formula is C17H29N3O3S. The predicted octanol–water partition coefficient (Wildman–Crippen LogP) is 2.52. The molecule has 0 fully saturated rings. The second-order valence-corrected chi connectivity index (χ2v) is 7.25. The summed E-state index contributed by atoms with van der Waals surface area (Å²) in [6, 6.07) is 3.82. The van der Waals surface area contributed by atoms with Crippen molar-refractivity contribution in [3.8, 4) is 17.2 Å². The van der Waals surface area contributed by atoms with Crippen molar-refractivity contribution in [1.29, 1.82) is 0 Å². The maximum atomic E-state index is 5.50.